The number of aryl methyl sites for hydroxylation is 2. The number of carbonyl (C=O) groups excluding carboxylic acids is 1. The molecule has 0 amide bonds. The smallest absolute Gasteiger partial charge is 0.337 e. The number of ether oxygens (including phenoxy) is 4. The fourth-order valence-electron chi connectivity index (χ4n) is 4.03. The van der Waals surface area contributed by atoms with Crippen LogP contribution in [0, 0.1) is 13.8 Å². The van der Waals surface area contributed by atoms with E-state index in [0.29, 0.717) is 33.6 Å². The molecule has 170 valence electrons. The fourth-order valence-corrected chi connectivity index (χ4v) is 4.39. The van der Waals surface area contributed by atoms with Gasteiger partial charge in [0.1, 0.15) is 0 Å². The van der Waals surface area contributed by atoms with Crippen LogP contribution in [0.5, 0.6) is 17.2 Å². The van der Waals surface area contributed by atoms with Crippen molar-refractivity contribution >= 4 is 29.0 Å². The van der Waals surface area contributed by atoms with Crippen LogP contribution in [0.4, 0.5) is 5.69 Å². The second-order valence-electron chi connectivity index (χ2n) is 7.51. The van der Waals surface area contributed by atoms with E-state index in [0.717, 1.165) is 22.4 Å². The Morgan fingerprint density at radius 3 is 1.94 bits per heavy atom. The molecule has 0 aliphatic carbocycles. The Hall–Kier alpha value is -3.26. The van der Waals surface area contributed by atoms with Crippen LogP contribution in [-0.4, -0.2) is 39.5 Å². The third-order valence-electron chi connectivity index (χ3n) is 5.38. The molecule has 2 aromatic rings. The number of rotatable bonds is 6. The fraction of sp³-hybridized carbons (Fsp3) is 0.333. The van der Waals surface area contributed by atoms with Crippen molar-refractivity contribution in [2.45, 2.75) is 26.8 Å². The number of esters is 1. The third-order valence-corrected chi connectivity index (χ3v) is 5.68. The van der Waals surface area contributed by atoms with Crippen LogP contribution in [0.15, 0.2) is 41.6 Å². The molecule has 8 heteroatoms. The molecule has 7 nitrogen and oxygen atoms in total. The predicted molar refractivity (Wildman–Crippen MR) is 128 cm³/mol. The van der Waals surface area contributed by atoms with Gasteiger partial charge in [0.2, 0.25) is 5.75 Å². The molecule has 1 aliphatic rings. The van der Waals surface area contributed by atoms with Crippen molar-refractivity contribution in [3.8, 4) is 17.2 Å². The van der Waals surface area contributed by atoms with E-state index in [2.05, 4.69) is 11.4 Å². The van der Waals surface area contributed by atoms with Crippen LogP contribution in [-0.2, 0) is 9.53 Å². The highest BCUT2D eigenvalue weighted by molar-refractivity contribution is 7.80. The van der Waals surface area contributed by atoms with Gasteiger partial charge in [0.15, 0.2) is 16.6 Å². The molecule has 0 saturated carbocycles. The van der Waals surface area contributed by atoms with Gasteiger partial charge in [0, 0.05) is 11.4 Å². The Morgan fingerprint density at radius 2 is 1.47 bits per heavy atom. The molecule has 1 N–H and O–H groups in total. The van der Waals surface area contributed by atoms with Crippen LogP contribution < -0.4 is 24.4 Å². The minimum absolute atomic E-state index is 0.439. The zero-order valence-corrected chi connectivity index (χ0v) is 20.2. The van der Waals surface area contributed by atoms with Crippen LogP contribution in [0.25, 0.3) is 0 Å². The van der Waals surface area contributed by atoms with Gasteiger partial charge in [-0.2, -0.15) is 0 Å². The van der Waals surface area contributed by atoms with Gasteiger partial charge < -0.3 is 24.3 Å². The van der Waals surface area contributed by atoms with E-state index in [-0.39, 0.29) is 0 Å². The Morgan fingerprint density at radius 1 is 0.906 bits per heavy atom. The number of carbonyl (C=O) groups is 1. The number of hydrogen-bond donors (Lipinski definition) is 1. The first-order valence-electron chi connectivity index (χ1n) is 10.0. The van der Waals surface area contributed by atoms with Gasteiger partial charge in [0.05, 0.1) is 40.1 Å². The molecular weight excluding hydrogens is 428 g/mol. The Kier molecular flexibility index (Phi) is 6.93. The van der Waals surface area contributed by atoms with Crippen molar-refractivity contribution in [3.63, 3.8) is 0 Å². The summed E-state index contributed by atoms with van der Waals surface area (Å²) in [4.78, 5) is 14.8. The van der Waals surface area contributed by atoms with Crippen LogP contribution in [0.3, 0.4) is 0 Å². The second kappa shape index (κ2) is 9.48. The second-order valence-corrected chi connectivity index (χ2v) is 7.90. The summed E-state index contributed by atoms with van der Waals surface area (Å²) in [5.41, 5.74) is 4.92. The Bertz CT molecular complexity index is 1050. The predicted octanol–water partition coefficient (Wildman–Crippen LogP) is 4.21. The summed E-state index contributed by atoms with van der Waals surface area (Å²) in [6.07, 6.45) is 0. The highest BCUT2D eigenvalue weighted by atomic mass is 32.1. The first-order chi connectivity index (χ1) is 15.2. The molecule has 2 aromatic carbocycles. The molecule has 0 fully saturated rings. The molecule has 32 heavy (non-hydrogen) atoms. The normalized spacial score (nSPS) is 15.9. The SMILES string of the molecule is COC(=O)C1=C(C)N(c2cc(C)cc(C)c2)C(=S)N[C@H]1c1cc(OC)c(OC)c(OC)c1. The van der Waals surface area contributed by atoms with E-state index in [4.69, 9.17) is 31.2 Å². The van der Waals surface area contributed by atoms with Gasteiger partial charge in [-0.1, -0.05) is 6.07 Å². The maximum absolute atomic E-state index is 12.9. The highest BCUT2D eigenvalue weighted by Gasteiger charge is 2.36. The Labute approximate surface area is 193 Å². The molecule has 0 spiro atoms. The number of methoxy groups -OCH3 is 4. The zero-order chi connectivity index (χ0) is 23.6. The van der Waals surface area contributed by atoms with Crippen molar-refractivity contribution < 1.29 is 23.7 Å². The monoisotopic (exact) mass is 456 g/mol. The summed E-state index contributed by atoms with van der Waals surface area (Å²) >= 11 is 5.74. The van der Waals surface area contributed by atoms with Gasteiger partial charge >= 0.3 is 5.97 Å². The third kappa shape index (κ3) is 4.23. The molecule has 1 aliphatic heterocycles. The number of allylic oxidation sites excluding steroid dienone is 1. The lowest BCUT2D eigenvalue weighted by Gasteiger charge is -2.37. The maximum Gasteiger partial charge on any atom is 0.337 e. The van der Waals surface area contributed by atoms with E-state index < -0.39 is 12.0 Å². The zero-order valence-electron chi connectivity index (χ0n) is 19.4. The Balaban J connectivity index is 2.21. The topological polar surface area (TPSA) is 69.3 Å². The van der Waals surface area contributed by atoms with Crippen molar-refractivity contribution in [2.75, 3.05) is 33.3 Å². The molecular formula is C24H28N2O5S. The number of hydrogen-bond acceptors (Lipinski definition) is 6. The van der Waals surface area contributed by atoms with Crippen molar-refractivity contribution in [3.05, 3.63) is 58.3 Å². The lowest BCUT2D eigenvalue weighted by Crippen LogP contribution is -2.48. The maximum atomic E-state index is 12.9. The first-order valence-corrected chi connectivity index (χ1v) is 10.4. The lowest BCUT2D eigenvalue weighted by molar-refractivity contribution is -0.136. The van der Waals surface area contributed by atoms with Gasteiger partial charge in [-0.25, -0.2) is 4.79 Å². The van der Waals surface area contributed by atoms with E-state index >= 15 is 0 Å². The van der Waals surface area contributed by atoms with Gasteiger partial charge in [0.25, 0.3) is 0 Å². The summed E-state index contributed by atoms with van der Waals surface area (Å²) in [5, 5.41) is 3.77. The van der Waals surface area contributed by atoms with E-state index in [1.54, 1.807) is 33.5 Å². The minimum atomic E-state index is -0.564. The number of anilines is 1. The number of benzene rings is 2. The minimum Gasteiger partial charge on any atom is -0.493 e. The number of thiocarbonyl (C=S) groups is 1. The van der Waals surface area contributed by atoms with Crippen molar-refractivity contribution in [1.82, 2.24) is 5.32 Å². The van der Waals surface area contributed by atoms with Gasteiger partial charge in [-0.3, -0.25) is 4.90 Å². The summed E-state index contributed by atoms with van der Waals surface area (Å²) in [6.45, 7) is 5.91. The summed E-state index contributed by atoms with van der Waals surface area (Å²) in [5.74, 6) is 0.973. The largest absolute Gasteiger partial charge is 0.493 e. The molecule has 0 saturated heterocycles. The average molecular weight is 457 g/mol. The first kappa shape index (κ1) is 23.4. The van der Waals surface area contributed by atoms with E-state index in [1.165, 1.54) is 7.11 Å². The number of nitrogens with one attached hydrogen (secondary N) is 1. The van der Waals surface area contributed by atoms with E-state index in [1.807, 2.05) is 37.8 Å². The average Bonchev–Trinajstić information content (AvgIpc) is 2.76. The summed E-state index contributed by atoms with van der Waals surface area (Å²) in [6, 6.07) is 9.17. The molecule has 0 unspecified atom stereocenters. The molecule has 3 rings (SSSR count). The summed E-state index contributed by atoms with van der Waals surface area (Å²) < 4.78 is 21.6. The van der Waals surface area contributed by atoms with Crippen LogP contribution in [0.1, 0.15) is 29.7 Å². The summed E-state index contributed by atoms with van der Waals surface area (Å²) in [7, 11) is 6.00. The van der Waals surface area contributed by atoms with Crippen LogP contribution >= 0.6 is 12.2 Å². The standard InChI is InChI=1S/C24H28N2O5S/c1-13-8-14(2)10-17(9-13)26-15(3)20(23(27)31-7)21(25-24(26)32)16-11-18(28-4)22(30-6)19(12-16)29-5/h8-12,21H,1-7H3,(H,25,32)/t21-/m0/s1. The molecule has 1 atom stereocenters. The van der Waals surface area contributed by atoms with Gasteiger partial charge in [-0.15, -0.1) is 0 Å². The number of nitrogens with zero attached hydrogens (tertiary/aromatic N) is 1. The molecule has 1 heterocycles. The molecule has 0 radical (unpaired) electrons. The highest BCUT2D eigenvalue weighted by Crippen LogP contribution is 2.42. The lowest BCUT2D eigenvalue weighted by atomic mass is 9.94. The van der Waals surface area contributed by atoms with Gasteiger partial charge in [-0.05, 0) is 73.9 Å². The van der Waals surface area contributed by atoms with Crippen molar-refractivity contribution in [1.29, 1.82) is 0 Å². The van der Waals surface area contributed by atoms with Crippen molar-refractivity contribution in [2.24, 2.45) is 0 Å². The van der Waals surface area contributed by atoms with Crippen LogP contribution in [0.2, 0.25) is 0 Å². The molecule has 0 bridgehead atoms. The quantitative estimate of drug-likeness (QED) is 0.512. The van der Waals surface area contributed by atoms with E-state index in [9.17, 15) is 4.79 Å². The molecule has 0 aromatic heterocycles.